The first-order chi connectivity index (χ1) is 30.5. The van der Waals surface area contributed by atoms with E-state index >= 15 is 0 Å². The molecule has 0 bridgehead atoms. The van der Waals surface area contributed by atoms with Crippen LogP contribution in [0, 0.1) is 0 Å². The topological polar surface area (TPSA) is 251 Å². The highest BCUT2D eigenvalue weighted by Gasteiger charge is 2.50. The first-order valence-electron chi connectivity index (χ1n) is 21.1. The van der Waals surface area contributed by atoms with Gasteiger partial charge in [0.1, 0.15) is 41.0 Å². The normalized spacial score (nSPS) is 25.5. The van der Waals surface area contributed by atoms with E-state index in [1.165, 1.54) is 43.3 Å². The zero-order valence-electron chi connectivity index (χ0n) is 35.3. The molecule has 18 heteroatoms. The van der Waals surface area contributed by atoms with Crippen molar-refractivity contribution in [1.29, 1.82) is 0 Å². The second-order valence-corrected chi connectivity index (χ2v) is 17.5. The number of carbonyl (C=O) groups excluding carboxylic acids is 6. The molecule has 1 aromatic heterocycles. The lowest BCUT2D eigenvalue weighted by Gasteiger charge is -2.43. The van der Waals surface area contributed by atoms with E-state index < -0.39 is 119 Å². The number of aliphatic hydroxyl groups is 2. The van der Waals surface area contributed by atoms with E-state index in [0.29, 0.717) is 33.8 Å². The molecule has 6 N–H and O–H groups in total. The van der Waals surface area contributed by atoms with Crippen LogP contribution in [-0.4, -0.2) is 121 Å². The van der Waals surface area contributed by atoms with Crippen molar-refractivity contribution < 1.29 is 63.4 Å². The highest BCUT2D eigenvalue weighted by atomic mass is 79.9. The molecule has 336 valence electrons. The molecule has 2 aliphatic carbocycles. The lowest BCUT2D eigenvalue weighted by molar-refractivity contribution is -0.249. The average Bonchev–Trinajstić information content (AvgIpc) is 3.77. The molecule has 4 aliphatic rings. The van der Waals surface area contributed by atoms with Gasteiger partial charge >= 0.3 is 0 Å². The van der Waals surface area contributed by atoms with Gasteiger partial charge in [0.05, 0.1) is 53.1 Å². The Morgan fingerprint density at radius 2 is 1.78 bits per heavy atom. The number of ether oxygens (including phenoxy) is 3. The second kappa shape index (κ2) is 17.3. The third-order valence-corrected chi connectivity index (χ3v) is 13.4. The molecule has 4 aromatic rings. The van der Waals surface area contributed by atoms with Gasteiger partial charge in [-0.25, -0.2) is 0 Å². The standard InChI is InChI=1S/C46H47BrN4O13/c1-5-31(52)46(61)18-24-35(42(57)37-36(40(24)55)39(54)22-9-6-13-29(62-4)34(22)41(37)56)30(19-46)64-32-17-27(38(53)21(3)63-32)50-44(59)28-12-8-16-51(28)45(60)20(2)49-43(58)23-14-15-48-26-11-7-10-25(47)33(23)26/h6-7,9-11,13-15,20-21,27-28,30,32,38,53,55,57,61H,5,8,12,16-19H2,1-4H3,(H,49,58)(H,50,59)/t20-,21?,27?,28+,30+,32?,38?,46+/m1/s1. The Kier molecular flexibility index (Phi) is 12.1. The fraction of sp³-hybridized carbons (Fsp3) is 0.413. The number of benzene rings is 3. The number of Topliss-reactive ketones (excluding diaryl/α,β-unsaturated/α-hetero) is 1. The number of fused-ring (bicyclic) bond motifs is 4. The Morgan fingerprint density at radius 3 is 2.52 bits per heavy atom. The molecule has 0 radical (unpaired) electrons. The molecule has 3 amide bonds. The summed E-state index contributed by atoms with van der Waals surface area (Å²) in [6, 6.07) is 8.30. The number of amides is 3. The number of nitrogens with zero attached hydrogens (tertiary/aromatic N) is 2. The van der Waals surface area contributed by atoms with Gasteiger partial charge in [0, 0.05) is 65.0 Å². The molecule has 64 heavy (non-hydrogen) atoms. The lowest BCUT2D eigenvalue weighted by atomic mass is 9.71. The Morgan fingerprint density at radius 1 is 1.05 bits per heavy atom. The van der Waals surface area contributed by atoms with Gasteiger partial charge in [0.15, 0.2) is 17.9 Å². The maximum absolute atomic E-state index is 14.1. The minimum Gasteiger partial charge on any atom is -0.507 e. The number of aromatic nitrogens is 1. The highest BCUT2D eigenvalue weighted by Crippen LogP contribution is 2.52. The van der Waals surface area contributed by atoms with Crippen molar-refractivity contribution in [2.75, 3.05) is 13.7 Å². The highest BCUT2D eigenvalue weighted by molar-refractivity contribution is 9.10. The van der Waals surface area contributed by atoms with Crippen molar-refractivity contribution in [2.24, 2.45) is 0 Å². The van der Waals surface area contributed by atoms with Crippen molar-refractivity contribution in [2.45, 2.75) is 108 Å². The summed E-state index contributed by atoms with van der Waals surface area (Å²) < 4.78 is 18.4. The lowest BCUT2D eigenvalue weighted by Crippen LogP contribution is -2.59. The third kappa shape index (κ3) is 7.59. The number of carbonyl (C=O) groups is 6. The molecule has 4 unspecified atom stereocenters. The van der Waals surface area contributed by atoms with Crippen molar-refractivity contribution >= 4 is 61.9 Å². The number of hydrogen-bond acceptors (Lipinski definition) is 14. The predicted molar refractivity (Wildman–Crippen MR) is 230 cm³/mol. The molecule has 2 aliphatic heterocycles. The maximum Gasteiger partial charge on any atom is 0.252 e. The molecular formula is C46H47BrN4O13. The van der Waals surface area contributed by atoms with E-state index in [2.05, 4.69) is 31.5 Å². The van der Waals surface area contributed by atoms with Gasteiger partial charge in [0.2, 0.25) is 17.6 Å². The Bertz CT molecular complexity index is 2630. The number of pyridine rings is 1. The first-order valence-corrected chi connectivity index (χ1v) is 21.8. The Hall–Kier alpha value is -5.79. The molecule has 8 atom stereocenters. The van der Waals surface area contributed by atoms with Crippen molar-refractivity contribution in [3.05, 3.63) is 92.1 Å². The zero-order valence-corrected chi connectivity index (χ0v) is 36.9. The van der Waals surface area contributed by atoms with Gasteiger partial charge in [0.25, 0.3) is 5.91 Å². The van der Waals surface area contributed by atoms with Gasteiger partial charge in [-0.05, 0) is 51.0 Å². The number of likely N-dealkylation sites (tertiary alicyclic amines) is 1. The largest absolute Gasteiger partial charge is 0.507 e. The number of ketones is 3. The quantitative estimate of drug-likeness (QED) is 0.109. The van der Waals surface area contributed by atoms with Crippen LogP contribution in [-0.2, 0) is 30.3 Å². The van der Waals surface area contributed by atoms with Crippen LogP contribution in [0.5, 0.6) is 17.2 Å². The smallest absolute Gasteiger partial charge is 0.252 e. The monoisotopic (exact) mass is 942 g/mol. The molecule has 8 rings (SSSR count). The van der Waals surface area contributed by atoms with Gasteiger partial charge in [-0.1, -0.05) is 41.1 Å². The minimum atomic E-state index is -2.14. The van der Waals surface area contributed by atoms with E-state index in [1.807, 2.05) is 0 Å². The van der Waals surface area contributed by atoms with Gasteiger partial charge in [-0.2, -0.15) is 0 Å². The molecule has 0 spiro atoms. The Labute approximate surface area is 375 Å². The number of phenols is 2. The predicted octanol–water partition coefficient (Wildman–Crippen LogP) is 3.70. The zero-order chi connectivity index (χ0) is 45.9. The molecule has 17 nitrogen and oxygen atoms in total. The summed E-state index contributed by atoms with van der Waals surface area (Å²) in [6.07, 6.45) is -3.85. The van der Waals surface area contributed by atoms with Crippen LogP contribution < -0.4 is 15.4 Å². The van der Waals surface area contributed by atoms with Crippen LogP contribution in [0.1, 0.15) is 112 Å². The van der Waals surface area contributed by atoms with Gasteiger partial charge in [-0.15, -0.1) is 0 Å². The van der Waals surface area contributed by atoms with Gasteiger partial charge in [-0.3, -0.25) is 33.8 Å². The summed E-state index contributed by atoms with van der Waals surface area (Å²) in [5.74, 6) is -5.07. The summed E-state index contributed by atoms with van der Waals surface area (Å²) in [7, 11) is 1.32. The molecule has 2 fully saturated rings. The average molecular weight is 944 g/mol. The van der Waals surface area contributed by atoms with E-state index in [-0.39, 0.29) is 47.4 Å². The summed E-state index contributed by atoms with van der Waals surface area (Å²) >= 11 is 3.47. The number of rotatable bonds is 10. The fourth-order valence-electron chi connectivity index (χ4n) is 9.56. The SMILES string of the molecule is CCC(=O)[C@]1(O)Cc2c(O)c3c(c(O)c2[C@@H](OC2CC(NC(=O)[C@@H]4CCCN4C(=O)[C@@H](C)NC(=O)c4ccnc5cccc(Br)c45)C(O)C(C)O2)C1)C(=O)c1c(OC)cccc1C3=O. The number of halogens is 1. The van der Waals surface area contributed by atoms with Crippen molar-refractivity contribution in [1.82, 2.24) is 20.5 Å². The summed E-state index contributed by atoms with van der Waals surface area (Å²) in [4.78, 5) is 88.3. The number of aromatic hydroxyl groups is 2. The molecule has 0 saturated carbocycles. The van der Waals surface area contributed by atoms with E-state index in [1.54, 1.807) is 38.1 Å². The molecule has 3 aromatic carbocycles. The molecule has 3 heterocycles. The second-order valence-electron chi connectivity index (χ2n) is 16.7. The fourth-order valence-corrected chi connectivity index (χ4v) is 10.1. The van der Waals surface area contributed by atoms with Gasteiger partial charge < -0.3 is 50.2 Å². The van der Waals surface area contributed by atoms with Crippen molar-refractivity contribution in [3.8, 4) is 17.2 Å². The first kappa shape index (κ1) is 44.8. The van der Waals surface area contributed by atoms with Crippen LogP contribution in [0.2, 0.25) is 0 Å². The number of hydrogen-bond donors (Lipinski definition) is 6. The van der Waals surface area contributed by atoms with E-state index in [9.17, 15) is 49.2 Å². The Balaban J connectivity index is 1.02. The summed E-state index contributed by atoms with van der Waals surface area (Å²) in [5, 5.41) is 53.0. The molecular weight excluding hydrogens is 896 g/mol. The third-order valence-electron chi connectivity index (χ3n) is 12.8. The minimum absolute atomic E-state index is 0.0685. The summed E-state index contributed by atoms with van der Waals surface area (Å²) in [5.41, 5.74) is -2.73. The van der Waals surface area contributed by atoms with Crippen LogP contribution in [0.15, 0.2) is 53.1 Å². The molecule has 2 saturated heterocycles. The number of aliphatic hydroxyl groups excluding tert-OH is 1. The van der Waals surface area contributed by atoms with Crippen LogP contribution in [0.3, 0.4) is 0 Å². The van der Waals surface area contributed by atoms with Crippen LogP contribution in [0.4, 0.5) is 0 Å². The maximum atomic E-state index is 14.1. The number of phenolic OH excluding ortho intramolecular Hbond substituents is 2. The number of methoxy groups -OCH3 is 1. The van der Waals surface area contributed by atoms with E-state index in [4.69, 9.17) is 14.2 Å². The van der Waals surface area contributed by atoms with Crippen LogP contribution in [0.25, 0.3) is 10.9 Å². The van der Waals surface area contributed by atoms with Crippen LogP contribution >= 0.6 is 15.9 Å². The summed E-state index contributed by atoms with van der Waals surface area (Å²) in [6.45, 7) is 4.86. The van der Waals surface area contributed by atoms with E-state index in [0.717, 1.165) is 0 Å². The van der Waals surface area contributed by atoms with Crippen molar-refractivity contribution in [3.63, 3.8) is 0 Å². The number of nitrogens with one attached hydrogen (secondary N) is 2.